The number of hydrogen-bond acceptors (Lipinski definition) is 5. The van der Waals surface area contributed by atoms with Gasteiger partial charge in [0.1, 0.15) is 10.8 Å². The van der Waals surface area contributed by atoms with Crippen molar-refractivity contribution in [2.45, 2.75) is 18.1 Å². The fourth-order valence-corrected chi connectivity index (χ4v) is 2.37. The van der Waals surface area contributed by atoms with E-state index in [0.717, 1.165) is 0 Å². The number of halogens is 1. The molecule has 0 radical (unpaired) electrons. The molecule has 4 nitrogen and oxygen atoms in total. The molecule has 0 N–H and O–H groups in total. The third-order valence-corrected chi connectivity index (χ3v) is 3.68. The Bertz CT molecular complexity index is 688. The molecule has 114 valence electrons. The van der Waals surface area contributed by atoms with Crippen LogP contribution in [-0.2, 0) is 4.74 Å². The van der Waals surface area contributed by atoms with Crippen LogP contribution in [0.5, 0.6) is 0 Å². The maximum atomic E-state index is 12.9. The first-order chi connectivity index (χ1) is 10.5. The van der Waals surface area contributed by atoms with Gasteiger partial charge in [0.15, 0.2) is 6.10 Å². The number of Topliss-reactive ketones (excluding diaryl/α,β-unsaturated/α-hetero) is 1. The number of hydrogen-bond donors (Lipinski definition) is 0. The SMILES string of the molecule is CSc1ncccc1C(=O)O[C@H](C)C(=O)c1ccc(F)cc1. The van der Waals surface area contributed by atoms with Crippen LogP contribution in [0.2, 0.25) is 0 Å². The number of aromatic nitrogens is 1. The Balaban J connectivity index is 2.11. The Hall–Kier alpha value is -2.21. The number of ketones is 1. The number of carbonyl (C=O) groups is 2. The summed E-state index contributed by atoms with van der Waals surface area (Å²) in [6.07, 6.45) is 2.41. The van der Waals surface area contributed by atoms with E-state index in [1.165, 1.54) is 43.0 Å². The maximum Gasteiger partial charge on any atom is 0.341 e. The summed E-state index contributed by atoms with van der Waals surface area (Å²) in [6, 6.07) is 8.32. The fraction of sp³-hybridized carbons (Fsp3) is 0.188. The summed E-state index contributed by atoms with van der Waals surface area (Å²) >= 11 is 1.32. The van der Waals surface area contributed by atoms with E-state index >= 15 is 0 Å². The number of carbonyl (C=O) groups excluding carboxylic acids is 2. The monoisotopic (exact) mass is 319 g/mol. The van der Waals surface area contributed by atoms with Crippen LogP contribution in [0.4, 0.5) is 4.39 Å². The largest absolute Gasteiger partial charge is 0.451 e. The number of pyridine rings is 1. The Morgan fingerprint density at radius 1 is 1.23 bits per heavy atom. The lowest BCUT2D eigenvalue weighted by Gasteiger charge is -2.13. The molecule has 1 aromatic heterocycles. The molecule has 2 rings (SSSR count). The summed E-state index contributed by atoms with van der Waals surface area (Å²) in [6.45, 7) is 1.48. The molecule has 22 heavy (non-hydrogen) atoms. The molecule has 0 unspecified atom stereocenters. The Morgan fingerprint density at radius 3 is 2.55 bits per heavy atom. The standard InChI is InChI=1S/C16H14FNO3S/c1-10(14(19)11-5-7-12(17)8-6-11)21-16(20)13-4-3-9-18-15(13)22-2/h3-10H,1-2H3/t10-/m1/s1. The van der Waals surface area contributed by atoms with Crippen LogP contribution in [0.1, 0.15) is 27.6 Å². The molecule has 1 atom stereocenters. The van der Waals surface area contributed by atoms with Gasteiger partial charge < -0.3 is 4.74 Å². The van der Waals surface area contributed by atoms with Gasteiger partial charge in [-0.25, -0.2) is 14.2 Å². The van der Waals surface area contributed by atoms with E-state index in [0.29, 0.717) is 10.6 Å². The van der Waals surface area contributed by atoms with Gasteiger partial charge >= 0.3 is 5.97 Å². The molecule has 0 fully saturated rings. The summed E-state index contributed by atoms with van der Waals surface area (Å²) in [7, 11) is 0. The van der Waals surface area contributed by atoms with Gasteiger partial charge in [-0.05, 0) is 49.6 Å². The molecule has 0 spiro atoms. The lowest BCUT2D eigenvalue weighted by molar-refractivity contribution is 0.0314. The topological polar surface area (TPSA) is 56.3 Å². The van der Waals surface area contributed by atoms with Crippen LogP contribution in [-0.4, -0.2) is 29.1 Å². The highest BCUT2D eigenvalue weighted by Gasteiger charge is 2.22. The number of benzene rings is 1. The van der Waals surface area contributed by atoms with E-state index in [9.17, 15) is 14.0 Å². The van der Waals surface area contributed by atoms with Gasteiger partial charge in [-0.2, -0.15) is 0 Å². The summed E-state index contributed by atoms with van der Waals surface area (Å²) < 4.78 is 18.0. The zero-order chi connectivity index (χ0) is 16.1. The van der Waals surface area contributed by atoms with Gasteiger partial charge in [0.25, 0.3) is 0 Å². The average molecular weight is 319 g/mol. The van der Waals surface area contributed by atoms with E-state index in [-0.39, 0.29) is 11.3 Å². The minimum atomic E-state index is -0.965. The molecule has 1 aromatic carbocycles. The van der Waals surface area contributed by atoms with Crippen molar-refractivity contribution >= 4 is 23.5 Å². The average Bonchev–Trinajstić information content (AvgIpc) is 2.54. The minimum Gasteiger partial charge on any atom is -0.451 e. The first-order valence-electron chi connectivity index (χ1n) is 6.52. The highest BCUT2D eigenvalue weighted by molar-refractivity contribution is 7.98. The normalized spacial score (nSPS) is 11.8. The van der Waals surface area contributed by atoms with Crippen LogP contribution in [0, 0.1) is 5.82 Å². The summed E-state index contributed by atoms with van der Waals surface area (Å²) in [5.41, 5.74) is 0.603. The molecular weight excluding hydrogens is 305 g/mol. The third-order valence-electron chi connectivity index (χ3n) is 2.97. The smallest absolute Gasteiger partial charge is 0.341 e. The lowest BCUT2D eigenvalue weighted by Crippen LogP contribution is -2.24. The van der Waals surface area contributed by atoms with E-state index in [4.69, 9.17) is 4.74 Å². The second-order valence-electron chi connectivity index (χ2n) is 4.48. The number of esters is 1. The molecular formula is C16H14FNO3S. The van der Waals surface area contributed by atoms with Gasteiger partial charge in [0.05, 0.1) is 5.56 Å². The molecule has 1 heterocycles. The van der Waals surface area contributed by atoms with Crippen molar-refractivity contribution in [3.63, 3.8) is 0 Å². The number of rotatable bonds is 5. The second-order valence-corrected chi connectivity index (χ2v) is 5.27. The quantitative estimate of drug-likeness (QED) is 0.480. The van der Waals surface area contributed by atoms with Crippen molar-refractivity contribution in [2.75, 3.05) is 6.26 Å². The van der Waals surface area contributed by atoms with Crippen molar-refractivity contribution in [3.05, 3.63) is 59.5 Å². The first kappa shape index (κ1) is 16.2. The Labute approximate surface area is 131 Å². The Kier molecular flexibility index (Phi) is 5.27. The highest BCUT2D eigenvalue weighted by Crippen LogP contribution is 2.19. The number of nitrogens with zero attached hydrogens (tertiary/aromatic N) is 1. The molecule has 0 aliphatic carbocycles. The summed E-state index contributed by atoms with van der Waals surface area (Å²) in [4.78, 5) is 28.4. The van der Waals surface area contributed by atoms with Crippen LogP contribution >= 0.6 is 11.8 Å². The summed E-state index contributed by atoms with van der Waals surface area (Å²) in [5.74, 6) is -1.43. The molecule has 0 bridgehead atoms. The van der Waals surface area contributed by atoms with Gasteiger partial charge in [-0.15, -0.1) is 11.8 Å². The van der Waals surface area contributed by atoms with E-state index in [1.54, 1.807) is 24.6 Å². The van der Waals surface area contributed by atoms with Crippen molar-refractivity contribution in [2.24, 2.45) is 0 Å². The van der Waals surface area contributed by atoms with Gasteiger partial charge in [0, 0.05) is 11.8 Å². The zero-order valence-electron chi connectivity index (χ0n) is 12.1. The highest BCUT2D eigenvalue weighted by atomic mass is 32.2. The van der Waals surface area contributed by atoms with Crippen molar-refractivity contribution in [1.82, 2.24) is 4.98 Å². The van der Waals surface area contributed by atoms with Crippen molar-refractivity contribution < 1.29 is 18.7 Å². The van der Waals surface area contributed by atoms with Crippen LogP contribution in [0.15, 0.2) is 47.6 Å². The molecule has 0 aliphatic rings. The second kappa shape index (κ2) is 7.17. The third kappa shape index (κ3) is 3.71. The molecule has 0 saturated carbocycles. The van der Waals surface area contributed by atoms with Gasteiger partial charge in [0.2, 0.25) is 5.78 Å². The van der Waals surface area contributed by atoms with Crippen LogP contribution in [0.3, 0.4) is 0 Å². The van der Waals surface area contributed by atoms with E-state index < -0.39 is 17.9 Å². The Morgan fingerprint density at radius 2 is 1.91 bits per heavy atom. The number of ether oxygens (including phenoxy) is 1. The summed E-state index contributed by atoms with van der Waals surface area (Å²) in [5, 5.41) is 0.536. The van der Waals surface area contributed by atoms with Gasteiger partial charge in [-0.3, -0.25) is 4.79 Å². The molecule has 6 heteroatoms. The molecule has 0 aliphatic heterocycles. The zero-order valence-corrected chi connectivity index (χ0v) is 12.9. The molecule has 2 aromatic rings. The minimum absolute atomic E-state index is 0.290. The molecule has 0 saturated heterocycles. The number of thioether (sulfide) groups is 1. The van der Waals surface area contributed by atoms with E-state index in [2.05, 4.69) is 4.98 Å². The lowest BCUT2D eigenvalue weighted by atomic mass is 10.1. The van der Waals surface area contributed by atoms with Gasteiger partial charge in [-0.1, -0.05) is 0 Å². The van der Waals surface area contributed by atoms with Crippen molar-refractivity contribution in [1.29, 1.82) is 0 Å². The molecule has 0 amide bonds. The fourth-order valence-electron chi connectivity index (χ4n) is 1.84. The maximum absolute atomic E-state index is 12.9. The van der Waals surface area contributed by atoms with Crippen LogP contribution in [0.25, 0.3) is 0 Å². The predicted molar refractivity (Wildman–Crippen MR) is 81.6 cm³/mol. The van der Waals surface area contributed by atoms with Crippen LogP contribution < -0.4 is 0 Å². The van der Waals surface area contributed by atoms with Crippen molar-refractivity contribution in [3.8, 4) is 0 Å². The first-order valence-corrected chi connectivity index (χ1v) is 7.75. The van der Waals surface area contributed by atoms with E-state index in [1.807, 2.05) is 0 Å². The predicted octanol–water partition coefficient (Wildman–Crippen LogP) is 3.37.